The van der Waals surface area contributed by atoms with Crippen LogP contribution < -0.4 is 10.2 Å². The highest BCUT2D eigenvalue weighted by atomic mass is 79.9. The third kappa shape index (κ3) is 3.76. The van der Waals surface area contributed by atoms with Crippen molar-refractivity contribution >= 4 is 45.2 Å². The Hall–Kier alpha value is -2.34. The molecule has 0 saturated carbocycles. The van der Waals surface area contributed by atoms with Gasteiger partial charge in [0.1, 0.15) is 5.76 Å². The molecule has 2 amide bonds. The van der Waals surface area contributed by atoms with Gasteiger partial charge >= 0.3 is 0 Å². The van der Waals surface area contributed by atoms with Crippen molar-refractivity contribution in [2.75, 3.05) is 16.8 Å². The van der Waals surface area contributed by atoms with Crippen molar-refractivity contribution in [3.63, 3.8) is 0 Å². The molecule has 0 aliphatic carbocycles. The Labute approximate surface area is 148 Å². The van der Waals surface area contributed by atoms with Gasteiger partial charge in [-0.05, 0) is 71.2 Å². The van der Waals surface area contributed by atoms with Crippen LogP contribution in [0.5, 0.6) is 0 Å². The SMILES string of the molecule is Cc1cc(NC(=O)/C=C/c2ccc(Br)o2)ccc1N1CCCC1=O. The zero-order valence-corrected chi connectivity index (χ0v) is 14.8. The molecule has 1 aliphatic heterocycles. The highest BCUT2D eigenvalue weighted by Crippen LogP contribution is 2.27. The lowest BCUT2D eigenvalue weighted by Crippen LogP contribution is -2.24. The average molecular weight is 389 g/mol. The quantitative estimate of drug-likeness (QED) is 0.800. The zero-order valence-electron chi connectivity index (χ0n) is 13.2. The molecule has 1 fully saturated rings. The number of rotatable bonds is 4. The van der Waals surface area contributed by atoms with Gasteiger partial charge in [0.05, 0.1) is 0 Å². The monoisotopic (exact) mass is 388 g/mol. The molecule has 2 aromatic rings. The minimum absolute atomic E-state index is 0.155. The number of furan rings is 1. The average Bonchev–Trinajstić information content (AvgIpc) is 3.14. The molecule has 1 N–H and O–H groups in total. The van der Waals surface area contributed by atoms with Crippen molar-refractivity contribution in [2.45, 2.75) is 19.8 Å². The number of aryl methyl sites for hydroxylation is 1. The van der Waals surface area contributed by atoms with E-state index < -0.39 is 0 Å². The van der Waals surface area contributed by atoms with E-state index in [0.717, 1.165) is 24.2 Å². The van der Waals surface area contributed by atoms with Crippen molar-refractivity contribution < 1.29 is 14.0 Å². The second-order valence-corrected chi connectivity index (χ2v) is 6.40. The number of amides is 2. The molecule has 0 unspecified atom stereocenters. The van der Waals surface area contributed by atoms with Gasteiger partial charge in [0, 0.05) is 30.4 Å². The standard InChI is InChI=1S/C18H17BrN2O3/c1-12-11-13(4-7-15(12)21-10-2-3-18(21)23)20-17(22)9-6-14-5-8-16(19)24-14/h4-9,11H,2-3,10H2,1H3,(H,20,22)/b9-6+. The lowest BCUT2D eigenvalue weighted by molar-refractivity contribution is -0.117. The minimum Gasteiger partial charge on any atom is -0.450 e. The van der Waals surface area contributed by atoms with Crippen LogP contribution in [-0.4, -0.2) is 18.4 Å². The number of halogens is 1. The zero-order chi connectivity index (χ0) is 17.1. The first-order valence-corrected chi connectivity index (χ1v) is 8.47. The first kappa shape index (κ1) is 16.5. The highest BCUT2D eigenvalue weighted by Gasteiger charge is 2.22. The number of hydrogen-bond acceptors (Lipinski definition) is 3. The van der Waals surface area contributed by atoms with Crippen LogP contribution in [0.15, 0.2) is 45.5 Å². The summed E-state index contributed by atoms with van der Waals surface area (Å²) in [5.74, 6) is 0.505. The van der Waals surface area contributed by atoms with Crippen molar-refractivity contribution in [2.24, 2.45) is 0 Å². The summed E-state index contributed by atoms with van der Waals surface area (Å²) in [6, 6.07) is 9.08. The summed E-state index contributed by atoms with van der Waals surface area (Å²) < 4.78 is 5.91. The second-order valence-electron chi connectivity index (χ2n) is 5.61. The van der Waals surface area contributed by atoms with Gasteiger partial charge in [-0.25, -0.2) is 0 Å². The van der Waals surface area contributed by atoms with E-state index in [1.165, 1.54) is 6.08 Å². The number of nitrogens with one attached hydrogen (secondary N) is 1. The Morgan fingerprint density at radius 1 is 1.33 bits per heavy atom. The largest absolute Gasteiger partial charge is 0.450 e. The van der Waals surface area contributed by atoms with Crippen LogP contribution in [0.1, 0.15) is 24.2 Å². The van der Waals surface area contributed by atoms with E-state index in [1.807, 2.05) is 25.1 Å². The number of hydrogen-bond donors (Lipinski definition) is 1. The fourth-order valence-electron chi connectivity index (χ4n) is 2.70. The first-order chi connectivity index (χ1) is 11.5. The van der Waals surface area contributed by atoms with Crippen molar-refractivity contribution in [3.05, 3.63) is 52.4 Å². The van der Waals surface area contributed by atoms with Crippen LogP contribution in [-0.2, 0) is 9.59 Å². The molecule has 1 aliphatic rings. The van der Waals surface area contributed by atoms with Crippen LogP contribution in [0.4, 0.5) is 11.4 Å². The summed E-state index contributed by atoms with van der Waals surface area (Å²) in [5, 5.41) is 2.81. The van der Waals surface area contributed by atoms with E-state index in [2.05, 4.69) is 21.2 Å². The van der Waals surface area contributed by atoms with E-state index in [9.17, 15) is 9.59 Å². The van der Waals surface area contributed by atoms with E-state index >= 15 is 0 Å². The second kappa shape index (κ2) is 7.05. The Bertz CT molecular complexity index is 810. The number of nitrogens with zero attached hydrogens (tertiary/aromatic N) is 1. The van der Waals surface area contributed by atoms with Crippen LogP contribution >= 0.6 is 15.9 Å². The summed E-state index contributed by atoms with van der Waals surface area (Å²) in [6.45, 7) is 2.69. The fraction of sp³-hybridized carbons (Fsp3) is 0.222. The third-order valence-corrected chi connectivity index (χ3v) is 4.25. The third-order valence-electron chi connectivity index (χ3n) is 3.82. The van der Waals surface area contributed by atoms with Gasteiger partial charge in [-0.1, -0.05) is 0 Å². The summed E-state index contributed by atoms with van der Waals surface area (Å²) >= 11 is 3.21. The van der Waals surface area contributed by atoms with Crippen LogP contribution in [0.25, 0.3) is 6.08 Å². The maximum absolute atomic E-state index is 12.0. The molecule has 3 rings (SSSR count). The van der Waals surface area contributed by atoms with Crippen LogP contribution in [0, 0.1) is 6.92 Å². The van der Waals surface area contributed by atoms with Crippen molar-refractivity contribution in [1.29, 1.82) is 0 Å². The molecule has 0 spiro atoms. The Morgan fingerprint density at radius 3 is 2.79 bits per heavy atom. The fourth-order valence-corrected chi connectivity index (χ4v) is 3.02. The van der Waals surface area contributed by atoms with Gasteiger partial charge in [-0.3, -0.25) is 9.59 Å². The molecule has 124 valence electrons. The molecule has 1 aromatic heterocycles. The van der Waals surface area contributed by atoms with Crippen molar-refractivity contribution in [1.82, 2.24) is 0 Å². The molecule has 0 radical (unpaired) electrons. The van der Waals surface area contributed by atoms with Gasteiger partial charge in [-0.15, -0.1) is 0 Å². The molecule has 24 heavy (non-hydrogen) atoms. The Kier molecular flexibility index (Phi) is 4.85. The molecular formula is C18H17BrN2O3. The highest BCUT2D eigenvalue weighted by molar-refractivity contribution is 9.10. The maximum atomic E-state index is 12.0. The lowest BCUT2D eigenvalue weighted by Gasteiger charge is -2.19. The van der Waals surface area contributed by atoms with Gasteiger partial charge < -0.3 is 14.6 Å². The minimum atomic E-state index is -0.244. The number of anilines is 2. The smallest absolute Gasteiger partial charge is 0.248 e. The molecule has 1 aromatic carbocycles. The predicted octanol–water partition coefficient (Wildman–Crippen LogP) is 4.13. The molecule has 6 heteroatoms. The van der Waals surface area contributed by atoms with E-state index in [1.54, 1.807) is 23.1 Å². The van der Waals surface area contributed by atoms with Gasteiger partial charge in [0.15, 0.2) is 4.67 Å². The number of benzene rings is 1. The van der Waals surface area contributed by atoms with Gasteiger partial charge in [0.2, 0.25) is 11.8 Å². The Morgan fingerprint density at radius 2 is 2.17 bits per heavy atom. The molecule has 1 saturated heterocycles. The van der Waals surface area contributed by atoms with E-state index in [-0.39, 0.29) is 11.8 Å². The van der Waals surface area contributed by atoms with Crippen molar-refractivity contribution in [3.8, 4) is 0 Å². The lowest BCUT2D eigenvalue weighted by atomic mass is 10.1. The summed E-state index contributed by atoms with van der Waals surface area (Å²) in [6.07, 6.45) is 4.51. The topological polar surface area (TPSA) is 62.6 Å². The number of carbonyl (C=O) groups excluding carboxylic acids is 2. The summed E-state index contributed by atoms with van der Waals surface area (Å²) in [4.78, 5) is 25.6. The normalized spacial score (nSPS) is 14.6. The molecule has 2 heterocycles. The van der Waals surface area contributed by atoms with Crippen LogP contribution in [0.2, 0.25) is 0 Å². The number of carbonyl (C=O) groups is 2. The van der Waals surface area contributed by atoms with Gasteiger partial charge in [-0.2, -0.15) is 0 Å². The molecular weight excluding hydrogens is 372 g/mol. The molecule has 5 nitrogen and oxygen atoms in total. The molecule has 0 bridgehead atoms. The van der Waals surface area contributed by atoms with E-state index in [4.69, 9.17) is 4.42 Å². The first-order valence-electron chi connectivity index (χ1n) is 7.68. The van der Waals surface area contributed by atoms with Gasteiger partial charge in [0.25, 0.3) is 0 Å². The predicted molar refractivity (Wildman–Crippen MR) is 96.8 cm³/mol. The summed E-state index contributed by atoms with van der Waals surface area (Å²) in [7, 11) is 0. The Balaban J connectivity index is 1.67. The maximum Gasteiger partial charge on any atom is 0.248 e. The van der Waals surface area contributed by atoms with E-state index in [0.29, 0.717) is 22.5 Å². The summed E-state index contributed by atoms with van der Waals surface area (Å²) in [5.41, 5.74) is 2.56. The molecule has 0 atom stereocenters. The van der Waals surface area contributed by atoms with Crippen LogP contribution in [0.3, 0.4) is 0 Å².